The minimum Gasteiger partial charge on any atom is -0.324 e. The van der Waals surface area contributed by atoms with Crippen LogP contribution in [0.3, 0.4) is 0 Å². The van der Waals surface area contributed by atoms with Crippen molar-refractivity contribution in [3.63, 3.8) is 0 Å². The van der Waals surface area contributed by atoms with E-state index in [4.69, 9.17) is 16.6 Å². The summed E-state index contributed by atoms with van der Waals surface area (Å²) in [6.45, 7) is -0.252. The van der Waals surface area contributed by atoms with Gasteiger partial charge in [0.15, 0.2) is 0 Å². The molecule has 0 saturated heterocycles. The van der Waals surface area contributed by atoms with Crippen molar-refractivity contribution in [3.05, 3.63) is 64.7 Å². The Morgan fingerprint density at radius 3 is 2.33 bits per heavy atom. The van der Waals surface area contributed by atoms with E-state index in [-0.39, 0.29) is 18.1 Å². The molecule has 1 saturated carbocycles. The van der Waals surface area contributed by atoms with E-state index in [2.05, 4.69) is 5.32 Å². The first-order valence-corrected chi connectivity index (χ1v) is 10.2. The first kappa shape index (κ1) is 20.5. The Morgan fingerprint density at radius 2 is 1.70 bits per heavy atom. The van der Waals surface area contributed by atoms with Crippen molar-refractivity contribution in [1.82, 2.24) is 4.90 Å². The van der Waals surface area contributed by atoms with E-state index in [1.807, 2.05) is 0 Å². The summed E-state index contributed by atoms with van der Waals surface area (Å²) in [7, 11) is 0. The highest BCUT2D eigenvalue weighted by molar-refractivity contribution is 6.47. The van der Waals surface area contributed by atoms with Gasteiger partial charge in [-0.15, -0.1) is 0 Å². The quantitative estimate of drug-likeness (QED) is 0.772. The van der Waals surface area contributed by atoms with Crippen molar-refractivity contribution in [2.45, 2.75) is 37.8 Å². The van der Waals surface area contributed by atoms with E-state index in [1.54, 1.807) is 24.3 Å². The SMILES string of the molecule is O=C(CN1C(=O)C(c2ccc(Cl)cc2)=NC12CCCCC2)Nc1cc(F)cc(F)c1. The summed E-state index contributed by atoms with van der Waals surface area (Å²) in [6, 6.07) is 9.62. The molecular weight excluding hydrogens is 412 g/mol. The van der Waals surface area contributed by atoms with Crippen molar-refractivity contribution >= 4 is 34.8 Å². The number of hydrogen-bond donors (Lipinski definition) is 1. The lowest BCUT2D eigenvalue weighted by atomic mass is 9.88. The zero-order chi connectivity index (χ0) is 21.3. The van der Waals surface area contributed by atoms with E-state index in [0.29, 0.717) is 29.1 Å². The van der Waals surface area contributed by atoms with Crippen LogP contribution in [0.4, 0.5) is 14.5 Å². The molecule has 2 aromatic rings. The van der Waals surface area contributed by atoms with Gasteiger partial charge in [0, 0.05) is 22.3 Å². The standard InChI is InChI=1S/C22H20ClF2N3O2/c23-15-6-4-14(5-7-15)20-21(30)28(22(27-20)8-2-1-3-9-22)13-19(29)26-18-11-16(24)10-17(25)12-18/h4-7,10-12H,1-3,8-9,13H2,(H,26,29). The van der Waals surface area contributed by atoms with Gasteiger partial charge in [-0.25, -0.2) is 8.78 Å². The average molecular weight is 432 g/mol. The fourth-order valence-corrected chi connectivity index (χ4v) is 4.24. The predicted molar refractivity (Wildman–Crippen MR) is 111 cm³/mol. The lowest BCUT2D eigenvalue weighted by molar-refractivity contribution is -0.134. The van der Waals surface area contributed by atoms with Gasteiger partial charge in [-0.1, -0.05) is 30.2 Å². The van der Waals surface area contributed by atoms with Gasteiger partial charge in [-0.05, 0) is 49.9 Å². The molecule has 1 spiro atoms. The van der Waals surface area contributed by atoms with Gasteiger partial charge >= 0.3 is 0 Å². The lowest BCUT2D eigenvalue weighted by Crippen LogP contribution is -2.51. The van der Waals surface area contributed by atoms with Gasteiger partial charge in [0.2, 0.25) is 5.91 Å². The Hall–Kier alpha value is -2.80. The maximum absolute atomic E-state index is 13.4. The lowest BCUT2D eigenvalue weighted by Gasteiger charge is -2.38. The summed E-state index contributed by atoms with van der Waals surface area (Å²) >= 11 is 5.95. The molecule has 1 heterocycles. The molecule has 0 unspecified atom stereocenters. The smallest absolute Gasteiger partial charge is 0.275 e. The van der Waals surface area contributed by atoms with E-state index in [0.717, 1.165) is 37.5 Å². The summed E-state index contributed by atoms with van der Waals surface area (Å²) in [4.78, 5) is 32.1. The second-order valence-corrected chi connectivity index (χ2v) is 8.04. The molecule has 1 N–H and O–H groups in total. The van der Waals surface area contributed by atoms with Crippen molar-refractivity contribution in [2.75, 3.05) is 11.9 Å². The maximum Gasteiger partial charge on any atom is 0.275 e. The van der Waals surface area contributed by atoms with Crippen molar-refractivity contribution < 1.29 is 18.4 Å². The minimum absolute atomic E-state index is 0.000633. The van der Waals surface area contributed by atoms with Crippen LogP contribution in [-0.4, -0.2) is 34.6 Å². The number of hydrogen-bond acceptors (Lipinski definition) is 3. The first-order valence-electron chi connectivity index (χ1n) is 9.80. The molecule has 156 valence electrons. The number of halogens is 3. The Labute approximate surface area is 177 Å². The third-order valence-electron chi connectivity index (χ3n) is 5.49. The number of benzene rings is 2. The van der Waals surface area contributed by atoms with Crippen LogP contribution in [-0.2, 0) is 9.59 Å². The molecule has 1 fully saturated rings. The van der Waals surface area contributed by atoms with Crippen molar-refractivity contribution in [2.24, 2.45) is 4.99 Å². The molecule has 8 heteroatoms. The number of nitrogens with one attached hydrogen (secondary N) is 1. The van der Waals surface area contributed by atoms with Crippen LogP contribution >= 0.6 is 11.6 Å². The van der Waals surface area contributed by atoms with Gasteiger partial charge in [0.05, 0.1) is 0 Å². The summed E-state index contributed by atoms with van der Waals surface area (Å²) in [5, 5.41) is 3.03. The molecule has 4 rings (SSSR count). The average Bonchev–Trinajstić information content (AvgIpc) is 2.94. The van der Waals surface area contributed by atoms with Crippen LogP contribution in [0.15, 0.2) is 47.5 Å². The highest BCUT2D eigenvalue weighted by Gasteiger charge is 2.48. The summed E-state index contributed by atoms with van der Waals surface area (Å²) in [5.74, 6) is -2.45. The molecule has 0 aromatic heterocycles. The summed E-state index contributed by atoms with van der Waals surface area (Å²) in [6.07, 6.45) is 4.18. The Balaban J connectivity index is 1.58. The molecule has 0 atom stereocenters. The van der Waals surface area contributed by atoms with E-state index in [1.165, 1.54) is 4.90 Å². The molecule has 2 aliphatic rings. The molecular formula is C22H20ClF2N3O2. The normalized spacial score (nSPS) is 17.9. The third kappa shape index (κ3) is 4.07. The number of rotatable bonds is 4. The van der Waals surface area contributed by atoms with Gasteiger partial charge in [0.1, 0.15) is 29.6 Å². The number of aliphatic imine (C=N–C) groups is 1. The molecule has 2 aromatic carbocycles. The van der Waals surface area contributed by atoms with Crippen LogP contribution in [0.2, 0.25) is 5.02 Å². The Morgan fingerprint density at radius 1 is 1.07 bits per heavy atom. The molecule has 5 nitrogen and oxygen atoms in total. The monoisotopic (exact) mass is 431 g/mol. The van der Waals surface area contributed by atoms with Crippen LogP contribution < -0.4 is 5.32 Å². The molecule has 2 amide bonds. The van der Waals surface area contributed by atoms with Crippen molar-refractivity contribution in [3.8, 4) is 0 Å². The van der Waals surface area contributed by atoms with Gasteiger partial charge in [-0.3, -0.25) is 14.6 Å². The Bertz CT molecular complexity index is 997. The summed E-state index contributed by atoms with van der Waals surface area (Å²) < 4.78 is 26.8. The van der Waals surface area contributed by atoms with Gasteiger partial charge in [0.25, 0.3) is 5.91 Å². The van der Waals surface area contributed by atoms with Gasteiger partial charge in [-0.2, -0.15) is 0 Å². The third-order valence-corrected chi connectivity index (χ3v) is 5.74. The second-order valence-electron chi connectivity index (χ2n) is 7.61. The van der Waals surface area contributed by atoms with E-state index < -0.39 is 23.2 Å². The van der Waals surface area contributed by atoms with Gasteiger partial charge < -0.3 is 10.2 Å². The first-order chi connectivity index (χ1) is 14.4. The highest BCUT2D eigenvalue weighted by atomic mass is 35.5. The highest BCUT2D eigenvalue weighted by Crippen LogP contribution is 2.39. The molecule has 1 aliphatic carbocycles. The van der Waals surface area contributed by atoms with Crippen LogP contribution in [0, 0.1) is 11.6 Å². The predicted octanol–water partition coefficient (Wildman–Crippen LogP) is 4.55. The number of nitrogens with zero attached hydrogens (tertiary/aromatic N) is 2. The largest absolute Gasteiger partial charge is 0.324 e. The number of anilines is 1. The van der Waals surface area contributed by atoms with E-state index in [9.17, 15) is 18.4 Å². The fourth-order valence-electron chi connectivity index (χ4n) is 4.12. The van der Waals surface area contributed by atoms with Crippen LogP contribution in [0.5, 0.6) is 0 Å². The van der Waals surface area contributed by atoms with Crippen LogP contribution in [0.1, 0.15) is 37.7 Å². The molecule has 0 radical (unpaired) electrons. The molecule has 1 aliphatic heterocycles. The fraction of sp³-hybridized carbons (Fsp3) is 0.318. The number of carbonyl (C=O) groups excluding carboxylic acids is 2. The molecule has 0 bridgehead atoms. The zero-order valence-electron chi connectivity index (χ0n) is 16.1. The van der Waals surface area contributed by atoms with Crippen molar-refractivity contribution in [1.29, 1.82) is 0 Å². The Kier molecular flexibility index (Phi) is 5.56. The zero-order valence-corrected chi connectivity index (χ0v) is 16.9. The number of amides is 2. The number of carbonyl (C=O) groups is 2. The van der Waals surface area contributed by atoms with Crippen LogP contribution in [0.25, 0.3) is 0 Å². The maximum atomic E-state index is 13.4. The molecule has 30 heavy (non-hydrogen) atoms. The summed E-state index contributed by atoms with van der Waals surface area (Å²) in [5.41, 5.74) is 0.178. The topological polar surface area (TPSA) is 61.8 Å². The second kappa shape index (κ2) is 8.14. The minimum atomic E-state index is -0.792. The van der Waals surface area contributed by atoms with E-state index >= 15 is 0 Å².